The first kappa shape index (κ1) is 16.5. The van der Waals surface area contributed by atoms with Crippen LogP contribution in [0.2, 0.25) is 0 Å². The molecule has 0 spiro atoms. The SMILES string of the molecule is CCCNCCc1ccc(COCC2CCOCC2)cc1. The van der Waals surface area contributed by atoms with E-state index in [2.05, 4.69) is 36.5 Å². The first-order chi connectivity index (χ1) is 10.4. The van der Waals surface area contributed by atoms with E-state index in [-0.39, 0.29) is 0 Å². The van der Waals surface area contributed by atoms with E-state index in [0.717, 1.165) is 58.8 Å². The Balaban J connectivity index is 1.62. The van der Waals surface area contributed by atoms with Gasteiger partial charge in [-0.25, -0.2) is 0 Å². The van der Waals surface area contributed by atoms with Gasteiger partial charge in [-0.05, 0) is 55.8 Å². The van der Waals surface area contributed by atoms with Crippen LogP contribution in [0.1, 0.15) is 37.3 Å². The molecule has 0 aromatic heterocycles. The Bertz CT molecular complexity index is 371. The molecule has 0 radical (unpaired) electrons. The molecular formula is C18H29NO2. The summed E-state index contributed by atoms with van der Waals surface area (Å²) in [5.41, 5.74) is 2.67. The standard InChI is InChI=1S/C18H29NO2/c1-2-10-19-11-7-16-3-5-17(6-4-16)14-21-15-18-8-12-20-13-9-18/h3-6,18-19H,2,7-15H2,1H3. The molecule has 3 heteroatoms. The Morgan fingerprint density at radius 3 is 2.52 bits per heavy atom. The normalized spacial score (nSPS) is 16.2. The summed E-state index contributed by atoms with van der Waals surface area (Å²) in [5, 5.41) is 3.43. The minimum atomic E-state index is 0.683. The zero-order valence-corrected chi connectivity index (χ0v) is 13.3. The molecule has 3 nitrogen and oxygen atoms in total. The second kappa shape index (κ2) is 9.93. The second-order valence-electron chi connectivity index (χ2n) is 5.89. The maximum absolute atomic E-state index is 5.84. The van der Waals surface area contributed by atoms with Crippen LogP contribution in [0.5, 0.6) is 0 Å². The Morgan fingerprint density at radius 2 is 1.81 bits per heavy atom. The van der Waals surface area contributed by atoms with Crippen LogP contribution in [-0.2, 0) is 22.5 Å². The van der Waals surface area contributed by atoms with Crippen LogP contribution in [0.15, 0.2) is 24.3 Å². The fourth-order valence-corrected chi connectivity index (χ4v) is 2.59. The Morgan fingerprint density at radius 1 is 1.10 bits per heavy atom. The van der Waals surface area contributed by atoms with Crippen molar-refractivity contribution in [3.05, 3.63) is 35.4 Å². The van der Waals surface area contributed by atoms with Gasteiger partial charge in [0.25, 0.3) is 0 Å². The van der Waals surface area contributed by atoms with Gasteiger partial charge in [-0.3, -0.25) is 0 Å². The molecule has 1 aromatic rings. The topological polar surface area (TPSA) is 30.5 Å². The van der Waals surface area contributed by atoms with E-state index >= 15 is 0 Å². The molecule has 1 aromatic carbocycles. The van der Waals surface area contributed by atoms with Gasteiger partial charge >= 0.3 is 0 Å². The molecule has 118 valence electrons. The van der Waals surface area contributed by atoms with Gasteiger partial charge in [0.1, 0.15) is 0 Å². The van der Waals surface area contributed by atoms with Crippen LogP contribution in [0, 0.1) is 5.92 Å². The predicted octanol–water partition coefficient (Wildman–Crippen LogP) is 3.17. The number of hydrogen-bond acceptors (Lipinski definition) is 3. The van der Waals surface area contributed by atoms with Gasteiger partial charge in [-0.15, -0.1) is 0 Å². The summed E-state index contributed by atoms with van der Waals surface area (Å²) < 4.78 is 11.2. The lowest BCUT2D eigenvalue weighted by atomic mass is 10.0. The third kappa shape index (κ3) is 6.60. The van der Waals surface area contributed by atoms with E-state index in [9.17, 15) is 0 Å². The molecule has 21 heavy (non-hydrogen) atoms. The maximum atomic E-state index is 5.84. The summed E-state index contributed by atoms with van der Waals surface area (Å²) >= 11 is 0. The van der Waals surface area contributed by atoms with Crippen molar-refractivity contribution in [3.63, 3.8) is 0 Å². The van der Waals surface area contributed by atoms with E-state index in [1.165, 1.54) is 17.5 Å². The maximum Gasteiger partial charge on any atom is 0.0717 e. The number of ether oxygens (including phenoxy) is 2. The molecule has 1 aliphatic rings. The van der Waals surface area contributed by atoms with E-state index in [1.807, 2.05) is 0 Å². The largest absolute Gasteiger partial charge is 0.381 e. The molecule has 0 unspecified atom stereocenters. The summed E-state index contributed by atoms with van der Waals surface area (Å²) in [4.78, 5) is 0. The van der Waals surface area contributed by atoms with Gasteiger partial charge in [-0.1, -0.05) is 31.2 Å². The molecule has 2 rings (SSSR count). The average molecular weight is 291 g/mol. The van der Waals surface area contributed by atoms with Gasteiger partial charge in [0.15, 0.2) is 0 Å². The second-order valence-corrected chi connectivity index (χ2v) is 5.89. The van der Waals surface area contributed by atoms with Gasteiger partial charge in [0, 0.05) is 13.2 Å². The lowest BCUT2D eigenvalue weighted by Crippen LogP contribution is -2.20. The van der Waals surface area contributed by atoms with E-state index in [0.29, 0.717) is 5.92 Å². The molecule has 0 saturated carbocycles. The van der Waals surface area contributed by atoms with Gasteiger partial charge in [0.05, 0.1) is 13.2 Å². The summed E-state index contributed by atoms with van der Waals surface area (Å²) in [6.07, 6.45) is 4.58. The van der Waals surface area contributed by atoms with Gasteiger partial charge in [-0.2, -0.15) is 0 Å². The monoisotopic (exact) mass is 291 g/mol. The van der Waals surface area contributed by atoms with Crippen LogP contribution >= 0.6 is 0 Å². The molecule has 0 amide bonds. The fourth-order valence-electron chi connectivity index (χ4n) is 2.59. The fraction of sp³-hybridized carbons (Fsp3) is 0.667. The molecule has 1 aliphatic heterocycles. The minimum absolute atomic E-state index is 0.683. The molecule has 1 saturated heterocycles. The quantitative estimate of drug-likeness (QED) is 0.709. The smallest absolute Gasteiger partial charge is 0.0717 e. The minimum Gasteiger partial charge on any atom is -0.381 e. The first-order valence-electron chi connectivity index (χ1n) is 8.32. The van der Waals surface area contributed by atoms with Crippen LogP contribution < -0.4 is 5.32 Å². The average Bonchev–Trinajstić information content (AvgIpc) is 2.54. The molecule has 1 N–H and O–H groups in total. The van der Waals surface area contributed by atoms with Gasteiger partial charge < -0.3 is 14.8 Å². The Labute approximate surface area is 129 Å². The number of rotatable bonds is 9. The zero-order chi connectivity index (χ0) is 14.8. The van der Waals surface area contributed by atoms with Crippen molar-refractivity contribution in [1.82, 2.24) is 5.32 Å². The van der Waals surface area contributed by atoms with Crippen molar-refractivity contribution >= 4 is 0 Å². The first-order valence-corrected chi connectivity index (χ1v) is 8.32. The van der Waals surface area contributed by atoms with Crippen LogP contribution in [0.3, 0.4) is 0 Å². The van der Waals surface area contributed by atoms with E-state index < -0.39 is 0 Å². The van der Waals surface area contributed by atoms with Crippen molar-refractivity contribution in [1.29, 1.82) is 0 Å². The number of hydrogen-bond donors (Lipinski definition) is 1. The number of benzene rings is 1. The molecule has 1 fully saturated rings. The highest BCUT2D eigenvalue weighted by molar-refractivity contribution is 5.22. The molecular weight excluding hydrogens is 262 g/mol. The summed E-state index contributed by atoms with van der Waals surface area (Å²) in [7, 11) is 0. The highest BCUT2D eigenvalue weighted by Gasteiger charge is 2.13. The van der Waals surface area contributed by atoms with Crippen molar-refractivity contribution in [2.75, 3.05) is 32.9 Å². The van der Waals surface area contributed by atoms with Crippen molar-refractivity contribution < 1.29 is 9.47 Å². The molecule has 1 heterocycles. The van der Waals surface area contributed by atoms with Crippen molar-refractivity contribution in [2.45, 2.75) is 39.2 Å². The van der Waals surface area contributed by atoms with Gasteiger partial charge in [0.2, 0.25) is 0 Å². The summed E-state index contributed by atoms with van der Waals surface area (Å²) in [6.45, 7) is 7.76. The molecule has 0 bridgehead atoms. The highest BCUT2D eigenvalue weighted by Crippen LogP contribution is 2.15. The van der Waals surface area contributed by atoms with Crippen molar-refractivity contribution in [3.8, 4) is 0 Å². The van der Waals surface area contributed by atoms with Crippen LogP contribution in [0.4, 0.5) is 0 Å². The predicted molar refractivity (Wildman–Crippen MR) is 86.5 cm³/mol. The molecule has 0 aliphatic carbocycles. The van der Waals surface area contributed by atoms with Crippen LogP contribution in [-0.4, -0.2) is 32.9 Å². The summed E-state index contributed by atoms with van der Waals surface area (Å²) in [5.74, 6) is 0.683. The highest BCUT2D eigenvalue weighted by atomic mass is 16.5. The third-order valence-corrected chi connectivity index (χ3v) is 4.00. The lowest BCUT2D eigenvalue weighted by Gasteiger charge is -2.21. The lowest BCUT2D eigenvalue weighted by molar-refractivity contribution is 0.0157. The summed E-state index contributed by atoms with van der Waals surface area (Å²) in [6, 6.07) is 8.83. The number of nitrogens with one attached hydrogen (secondary N) is 1. The Kier molecular flexibility index (Phi) is 7.79. The Hall–Kier alpha value is -0.900. The van der Waals surface area contributed by atoms with Crippen molar-refractivity contribution in [2.24, 2.45) is 5.92 Å². The third-order valence-electron chi connectivity index (χ3n) is 4.00. The molecule has 0 atom stereocenters. The van der Waals surface area contributed by atoms with E-state index in [4.69, 9.17) is 9.47 Å². The van der Waals surface area contributed by atoms with Crippen LogP contribution in [0.25, 0.3) is 0 Å². The zero-order valence-electron chi connectivity index (χ0n) is 13.3. The van der Waals surface area contributed by atoms with E-state index in [1.54, 1.807) is 0 Å².